The normalized spacial score (nSPS) is 11.1. The second-order valence-electron chi connectivity index (χ2n) is 4.29. The summed E-state index contributed by atoms with van der Waals surface area (Å²) in [6.07, 6.45) is 0. The molecule has 0 unspecified atom stereocenters. The van der Waals surface area contributed by atoms with Crippen molar-refractivity contribution in [1.29, 1.82) is 0 Å². The van der Waals surface area contributed by atoms with Crippen LogP contribution in [0.3, 0.4) is 0 Å². The quantitative estimate of drug-likeness (QED) is 0.691. The third-order valence-electron chi connectivity index (χ3n) is 3.07. The molecular formula is C14H12N2O2S. The van der Waals surface area contributed by atoms with Crippen molar-refractivity contribution in [3.05, 3.63) is 34.8 Å². The molecule has 1 aromatic carbocycles. The average molecular weight is 272 g/mol. The minimum atomic E-state index is -0.396. The van der Waals surface area contributed by atoms with Crippen LogP contribution < -0.4 is 5.73 Å². The number of aromatic nitrogens is 1. The molecule has 5 heteroatoms. The van der Waals surface area contributed by atoms with E-state index in [9.17, 15) is 4.79 Å². The second kappa shape index (κ2) is 4.20. The smallest absolute Gasteiger partial charge is 0.350 e. The molecule has 0 aliphatic carbocycles. The van der Waals surface area contributed by atoms with Crippen molar-refractivity contribution < 1.29 is 9.53 Å². The minimum absolute atomic E-state index is 0.396. The van der Waals surface area contributed by atoms with Crippen molar-refractivity contribution in [3.8, 4) is 0 Å². The summed E-state index contributed by atoms with van der Waals surface area (Å²) in [7, 11) is 1.36. The number of aryl methyl sites for hydroxylation is 1. The summed E-state index contributed by atoms with van der Waals surface area (Å²) in [4.78, 5) is 16.6. The Hall–Kier alpha value is -2.14. The highest BCUT2D eigenvalue weighted by Crippen LogP contribution is 2.38. The molecule has 0 aliphatic rings. The number of hydrogen-bond donors (Lipinski definition) is 1. The van der Waals surface area contributed by atoms with E-state index < -0.39 is 5.97 Å². The molecule has 0 atom stereocenters. The molecule has 0 radical (unpaired) electrons. The van der Waals surface area contributed by atoms with Crippen LogP contribution in [0.25, 0.3) is 21.0 Å². The molecule has 96 valence electrons. The van der Waals surface area contributed by atoms with Crippen molar-refractivity contribution >= 4 is 44.0 Å². The summed E-state index contributed by atoms with van der Waals surface area (Å²) < 4.78 is 5.72. The van der Waals surface area contributed by atoms with E-state index >= 15 is 0 Å². The lowest BCUT2D eigenvalue weighted by atomic mass is 10.1. The fraction of sp³-hybridized carbons (Fsp3) is 0.143. The first kappa shape index (κ1) is 11.9. The lowest BCUT2D eigenvalue weighted by Gasteiger charge is -2.02. The molecule has 4 nitrogen and oxygen atoms in total. The number of methoxy groups -OCH3 is 1. The highest BCUT2D eigenvalue weighted by Gasteiger charge is 2.18. The summed E-state index contributed by atoms with van der Waals surface area (Å²) >= 11 is 1.35. The SMILES string of the molecule is COC(=O)c1sc2ccc3nc(C)ccc3c2c1N. The molecule has 0 bridgehead atoms. The van der Waals surface area contributed by atoms with Crippen LogP contribution >= 0.6 is 11.3 Å². The number of benzene rings is 1. The van der Waals surface area contributed by atoms with Gasteiger partial charge in [0, 0.05) is 21.2 Å². The van der Waals surface area contributed by atoms with Gasteiger partial charge in [0.25, 0.3) is 0 Å². The van der Waals surface area contributed by atoms with Gasteiger partial charge in [0.2, 0.25) is 0 Å². The zero-order valence-electron chi connectivity index (χ0n) is 10.6. The monoisotopic (exact) mass is 272 g/mol. The van der Waals surface area contributed by atoms with Gasteiger partial charge in [0.15, 0.2) is 0 Å². The predicted molar refractivity (Wildman–Crippen MR) is 77.6 cm³/mol. The van der Waals surface area contributed by atoms with Crippen LogP contribution in [0.2, 0.25) is 0 Å². The third kappa shape index (κ3) is 1.74. The lowest BCUT2D eigenvalue weighted by Crippen LogP contribution is -2.01. The largest absolute Gasteiger partial charge is 0.465 e. The maximum atomic E-state index is 11.7. The number of ether oxygens (including phenoxy) is 1. The Morgan fingerprint density at radius 1 is 1.32 bits per heavy atom. The second-order valence-corrected chi connectivity index (χ2v) is 5.35. The van der Waals surface area contributed by atoms with E-state index in [1.807, 2.05) is 31.2 Å². The van der Waals surface area contributed by atoms with Gasteiger partial charge in [-0.3, -0.25) is 4.98 Å². The Bertz CT molecular complexity index is 808. The maximum Gasteiger partial charge on any atom is 0.350 e. The van der Waals surface area contributed by atoms with Crippen molar-refractivity contribution in [2.75, 3.05) is 12.8 Å². The Morgan fingerprint density at radius 2 is 2.11 bits per heavy atom. The molecule has 0 saturated carbocycles. The molecule has 2 aromatic heterocycles. The number of carbonyl (C=O) groups excluding carboxylic acids is 1. The van der Waals surface area contributed by atoms with Gasteiger partial charge in [-0.25, -0.2) is 4.79 Å². The van der Waals surface area contributed by atoms with Crippen molar-refractivity contribution in [2.45, 2.75) is 6.92 Å². The number of rotatable bonds is 1. The van der Waals surface area contributed by atoms with Crippen LogP contribution in [0, 0.1) is 6.92 Å². The van der Waals surface area contributed by atoms with Gasteiger partial charge in [-0.1, -0.05) is 6.07 Å². The molecule has 0 spiro atoms. The van der Waals surface area contributed by atoms with E-state index in [4.69, 9.17) is 10.5 Å². The topological polar surface area (TPSA) is 65.2 Å². The number of nitrogen functional groups attached to an aromatic ring is 1. The van der Waals surface area contributed by atoms with Crippen molar-refractivity contribution in [3.63, 3.8) is 0 Å². The Morgan fingerprint density at radius 3 is 2.84 bits per heavy atom. The Labute approximate surface area is 113 Å². The van der Waals surface area contributed by atoms with E-state index in [0.717, 1.165) is 26.7 Å². The van der Waals surface area contributed by atoms with Gasteiger partial charge < -0.3 is 10.5 Å². The zero-order valence-corrected chi connectivity index (χ0v) is 11.4. The van der Waals surface area contributed by atoms with Gasteiger partial charge in [-0.15, -0.1) is 11.3 Å². The number of carbonyl (C=O) groups is 1. The number of esters is 1. The molecule has 0 amide bonds. The number of fused-ring (bicyclic) bond motifs is 3. The van der Waals surface area contributed by atoms with Crippen LogP contribution in [0.15, 0.2) is 24.3 Å². The lowest BCUT2D eigenvalue weighted by molar-refractivity contribution is 0.0607. The molecule has 0 aliphatic heterocycles. The van der Waals surface area contributed by atoms with Crippen LogP contribution in [0.5, 0.6) is 0 Å². The van der Waals surface area contributed by atoms with Crippen molar-refractivity contribution in [1.82, 2.24) is 4.98 Å². The highest BCUT2D eigenvalue weighted by molar-refractivity contribution is 7.21. The third-order valence-corrected chi connectivity index (χ3v) is 4.22. The molecule has 0 fully saturated rings. The van der Waals surface area contributed by atoms with Crippen molar-refractivity contribution in [2.24, 2.45) is 0 Å². The van der Waals surface area contributed by atoms with E-state index in [-0.39, 0.29) is 0 Å². The van der Waals surface area contributed by atoms with Crippen LogP contribution in [0.1, 0.15) is 15.4 Å². The molecule has 2 N–H and O–H groups in total. The Balaban J connectivity index is 2.42. The molecule has 3 aromatic rings. The minimum Gasteiger partial charge on any atom is -0.465 e. The molecule has 3 rings (SSSR count). The van der Waals surface area contributed by atoms with E-state index in [1.165, 1.54) is 18.4 Å². The van der Waals surface area contributed by atoms with Gasteiger partial charge >= 0.3 is 5.97 Å². The fourth-order valence-corrected chi connectivity index (χ4v) is 3.23. The summed E-state index contributed by atoms with van der Waals surface area (Å²) in [5, 5.41) is 1.85. The number of pyridine rings is 1. The Kier molecular flexibility index (Phi) is 2.64. The average Bonchev–Trinajstić information content (AvgIpc) is 2.75. The van der Waals surface area contributed by atoms with Gasteiger partial charge in [-0.05, 0) is 25.1 Å². The van der Waals surface area contributed by atoms with E-state index in [0.29, 0.717) is 10.6 Å². The summed E-state index contributed by atoms with van der Waals surface area (Å²) in [6, 6.07) is 7.82. The molecular weight excluding hydrogens is 260 g/mol. The number of nitrogens with two attached hydrogens (primary N) is 1. The molecule has 2 heterocycles. The van der Waals surface area contributed by atoms with E-state index in [1.54, 1.807) is 0 Å². The van der Waals surface area contributed by atoms with Crippen LogP contribution in [0.4, 0.5) is 5.69 Å². The molecule has 19 heavy (non-hydrogen) atoms. The predicted octanol–water partition coefficient (Wildman–Crippen LogP) is 3.13. The fourth-order valence-electron chi connectivity index (χ4n) is 2.17. The number of hydrogen-bond acceptors (Lipinski definition) is 5. The first-order valence-corrected chi connectivity index (χ1v) is 6.60. The van der Waals surface area contributed by atoms with Crippen LogP contribution in [-0.2, 0) is 4.74 Å². The van der Waals surface area contributed by atoms with Gasteiger partial charge in [0.1, 0.15) is 4.88 Å². The van der Waals surface area contributed by atoms with Crippen LogP contribution in [-0.4, -0.2) is 18.1 Å². The summed E-state index contributed by atoms with van der Waals surface area (Å²) in [5.41, 5.74) is 8.41. The number of nitrogens with zero attached hydrogens (tertiary/aromatic N) is 1. The maximum absolute atomic E-state index is 11.7. The number of thiophene rings is 1. The van der Waals surface area contributed by atoms with Gasteiger partial charge in [0.05, 0.1) is 18.3 Å². The first-order chi connectivity index (χ1) is 9.11. The summed E-state index contributed by atoms with van der Waals surface area (Å²) in [5.74, 6) is -0.396. The zero-order chi connectivity index (χ0) is 13.6. The first-order valence-electron chi connectivity index (χ1n) is 5.78. The summed E-state index contributed by atoms with van der Waals surface area (Å²) in [6.45, 7) is 1.94. The van der Waals surface area contributed by atoms with Gasteiger partial charge in [-0.2, -0.15) is 0 Å². The van der Waals surface area contributed by atoms with E-state index in [2.05, 4.69) is 4.98 Å². The highest BCUT2D eigenvalue weighted by atomic mass is 32.1. The molecule has 0 saturated heterocycles. The standard InChI is InChI=1S/C14H12N2O2S/c1-7-3-4-8-9(16-7)5-6-10-11(8)12(15)13(19-10)14(17)18-2/h3-6H,15H2,1-2H3. The number of anilines is 1.